The number of carbonyl (C=O) groups excluding carboxylic acids is 2. The summed E-state index contributed by atoms with van der Waals surface area (Å²) < 4.78 is 0. The maximum Gasteiger partial charge on any atom is 0.324 e. The van der Waals surface area contributed by atoms with Crippen LogP contribution in [0.1, 0.15) is 21.5 Å². The predicted molar refractivity (Wildman–Crippen MR) is 128 cm³/mol. The number of nitrogens with zero attached hydrogens (tertiary/aromatic N) is 1. The van der Waals surface area contributed by atoms with E-state index in [-0.39, 0.29) is 21.7 Å². The van der Waals surface area contributed by atoms with Gasteiger partial charge in [0.15, 0.2) is 5.78 Å². The lowest BCUT2D eigenvalue weighted by Crippen LogP contribution is -2.01. The molecule has 0 radical (unpaired) electrons. The highest BCUT2D eigenvalue weighted by molar-refractivity contribution is 7.26. The fraction of sp³-hybridized carbons (Fsp3) is 0. The quantitative estimate of drug-likeness (QED) is 0.198. The van der Waals surface area contributed by atoms with Crippen molar-refractivity contribution in [2.75, 3.05) is 0 Å². The number of hydrogen-bond donors (Lipinski definition) is 1. The lowest BCUT2D eigenvalue weighted by Gasteiger charge is -2.17. The van der Waals surface area contributed by atoms with E-state index in [1.807, 2.05) is 42.5 Å². The Kier molecular flexibility index (Phi) is 5.04. The Bertz CT molecular complexity index is 1510. The van der Waals surface area contributed by atoms with Crippen LogP contribution in [0.5, 0.6) is 0 Å². The van der Waals surface area contributed by atoms with Gasteiger partial charge in [-0.3, -0.25) is 4.79 Å². The summed E-state index contributed by atoms with van der Waals surface area (Å²) in [6.07, 6.45) is 0.690. The second-order valence-corrected chi connectivity index (χ2v) is 8.11. The zero-order valence-electron chi connectivity index (χ0n) is 17.2. The van der Waals surface area contributed by atoms with Gasteiger partial charge in [0.1, 0.15) is 6.29 Å². The molecule has 4 aromatic carbocycles. The monoisotopic (exact) mass is 449 g/mol. The van der Waals surface area contributed by atoms with Crippen molar-refractivity contribution in [3.63, 3.8) is 0 Å². The van der Waals surface area contributed by atoms with Gasteiger partial charge in [-0.2, -0.15) is 5.29 Å². The van der Waals surface area contributed by atoms with Crippen molar-refractivity contribution < 1.29 is 19.7 Å². The third kappa shape index (κ3) is 3.22. The summed E-state index contributed by atoms with van der Waals surface area (Å²) in [5.41, 5.74) is 5.90. The van der Waals surface area contributed by atoms with Crippen molar-refractivity contribution in [2.24, 2.45) is 0 Å². The summed E-state index contributed by atoms with van der Waals surface area (Å²) in [4.78, 5) is 36.5. The Balaban J connectivity index is 1.86. The highest BCUT2D eigenvalue weighted by Crippen LogP contribution is 2.49. The van der Waals surface area contributed by atoms with E-state index >= 15 is 0 Å². The topological polar surface area (TPSA) is 74.4 Å². The van der Waals surface area contributed by atoms with E-state index in [4.69, 9.17) is 0 Å². The number of benzene rings is 4. The molecular weight excluding hydrogens is 433 g/mol. The van der Waals surface area contributed by atoms with E-state index in [9.17, 15) is 19.7 Å². The molecule has 0 spiro atoms. The Morgan fingerprint density at radius 1 is 0.697 bits per heavy atom. The normalized spacial score (nSPS) is 11.6. The van der Waals surface area contributed by atoms with Crippen molar-refractivity contribution in [1.82, 2.24) is 0 Å². The summed E-state index contributed by atoms with van der Waals surface area (Å²) in [5, 5.41) is 9.97. The van der Waals surface area contributed by atoms with Gasteiger partial charge >= 0.3 is 5.69 Å². The van der Waals surface area contributed by atoms with Crippen molar-refractivity contribution in [2.45, 2.75) is 0 Å². The van der Waals surface area contributed by atoms with Crippen LogP contribution in [0, 0.1) is 4.91 Å². The molecule has 0 saturated carbocycles. The Hall–Kier alpha value is -4.21. The van der Waals surface area contributed by atoms with Crippen LogP contribution < -0.4 is 0 Å². The van der Waals surface area contributed by atoms with Crippen molar-refractivity contribution >= 4 is 31.9 Å². The summed E-state index contributed by atoms with van der Waals surface area (Å²) >= 11 is 0. The van der Waals surface area contributed by atoms with Crippen LogP contribution in [0.2, 0.25) is 0 Å². The predicted octanol–water partition coefficient (Wildman–Crippen LogP) is 6.16. The number of rotatable bonds is 5. The van der Waals surface area contributed by atoms with Gasteiger partial charge in [0.2, 0.25) is 0 Å². The Labute approximate surface area is 191 Å². The van der Waals surface area contributed by atoms with Crippen molar-refractivity contribution in [1.29, 1.82) is 0 Å². The average molecular weight is 449 g/mol. The lowest BCUT2D eigenvalue weighted by atomic mass is 9.87. The second-order valence-electron chi connectivity index (χ2n) is 7.62. The first-order chi connectivity index (χ1) is 16.0. The number of para-hydroxylation sites is 1. The van der Waals surface area contributed by atoms with Crippen LogP contribution >= 0.6 is 8.86 Å². The molecule has 1 aliphatic carbocycles. The van der Waals surface area contributed by atoms with Crippen LogP contribution in [0.3, 0.4) is 0 Å². The summed E-state index contributed by atoms with van der Waals surface area (Å²) in [5.74, 6) is -0.118. The van der Waals surface area contributed by atoms with Crippen LogP contribution in [0.15, 0.2) is 84.9 Å². The fourth-order valence-corrected chi connectivity index (χ4v) is 4.68. The van der Waals surface area contributed by atoms with Crippen LogP contribution in [0.25, 0.3) is 33.4 Å². The first-order valence-electron chi connectivity index (χ1n) is 10.2. The standard InChI is InChI=1S/C27H16NO4P/c29-15-24(33)18-9-2-1-7-16(18)19-10-5-12-21-25(19)26-20(11-6-13-22(26)27(21)30)17-8-3-4-14-23(17)28(31)32/h1-15H,(H,31,32). The van der Waals surface area contributed by atoms with Gasteiger partial charge in [-0.05, 0) is 28.3 Å². The molecule has 5 nitrogen and oxygen atoms in total. The minimum absolute atomic E-state index is 0.0802. The number of carbonyl (C=O) groups is 2. The molecule has 158 valence electrons. The fourth-order valence-electron chi connectivity index (χ4n) is 4.49. The summed E-state index contributed by atoms with van der Waals surface area (Å²) in [7, 11) is 4.34. The minimum Gasteiger partial charge on any atom is -0.718 e. The van der Waals surface area contributed by atoms with Crippen LogP contribution in [0.4, 0.5) is 5.69 Å². The van der Waals surface area contributed by atoms with Crippen LogP contribution in [-0.2, 0) is 4.79 Å². The molecule has 33 heavy (non-hydrogen) atoms. The number of aldehydes is 1. The number of hydrogen-bond acceptors (Lipinski definition) is 3. The Morgan fingerprint density at radius 2 is 1.18 bits per heavy atom. The molecule has 0 bridgehead atoms. The summed E-state index contributed by atoms with van der Waals surface area (Å²) in [6, 6.07) is 24.9. The van der Waals surface area contributed by atoms with E-state index in [2.05, 4.69) is 8.86 Å². The smallest absolute Gasteiger partial charge is 0.324 e. The van der Waals surface area contributed by atoms with Gasteiger partial charge in [-0.25, -0.2) is 5.21 Å². The Morgan fingerprint density at radius 3 is 1.79 bits per heavy atom. The van der Waals surface area contributed by atoms with E-state index in [1.54, 1.807) is 36.4 Å². The van der Waals surface area contributed by atoms with Gasteiger partial charge in [0, 0.05) is 28.3 Å². The minimum atomic E-state index is -0.167. The van der Waals surface area contributed by atoms with E-state index < -0.39 is 0 Å². The molecule has 0 atom stereocenters. The first-order valence-corrected chi connectivity index (χ1v) is 10.6. The van der Waals surface area contributed by atoms with Gasteiger partial charge in [0.25, 0.3) is 4.92 Å². The van der Waals surface area contributed by atoms with E-state index in [1.165, 1.54) is 6.07 Å². The lowest BCUT2D eigenvalue weighted by molar-refractivity contribution is -0.729. The average Bonchev–Trinajstić information content (AvgIpc) is 3.16. The largest absolute Gasteiger partial charge is 0.718 e. The number of ketones is 1. The molecule has 0 amide bonds. The molecule has 0 saturated heterocycles. The molecule has 4 aromatic rings. The third-order valence-corrected chi connectivity index (χ3v) is 6.22. The summed E-state index contributed by atoms with van der Waals surface area (Å²) in [6.45, 7) is 0. The van der Waals surface area contributed by atoms with Gasteiger partial charge < -0.3 is 13.7 Å². The van der Waals surface area contributed by atoms with E-state index in [0.29, 0.717) is 39.7 Å². The molecule has 1 N–H and O–H groups in total. The molecule has 0 aromatic heterocycles. The van der Waals surface area contributed by atoms with Crippen molar-refractivity contribution in [3.05, 3.63) is 107 Å². The second kappa shape index (κ2) is 8.05. The van der Waals surface area contributed by atoms with E-state index in [0.717, 1.165) is 16.7 Å². The van der Waals surface area contributed by atoms with Gasteiger partial charge in [-0.15, -0.1) is 0 Å². The maximum atomic E-state index is 13.4. The highest BCUT2D eigenvalue weighted by Gasteiger charge is 2.33. The van der Waals surface area contributed by atoms with Gasteiger partial charge in [-0.1, -0.05) is 72.8 Å². The molecule has 6 heteroatoms. The zero-order valence-corrected chi connectivity index (χ0v) is 18.1. The van der Waals surface area contributed by atoms with Crippen molar-refractivity contribution in [3.8, 4) is 33.4 Å². The number of fused-ring (bicyclic) bond motifs is 3. The third-order valence-electron chi connectivity index (χ3n) is 5.87. The maximum absolute atomic E-state index is 13.4. The zero-order chi connectivity index (χ0) is 23.1. The molecule has 0 unspecified atom stereocenters. The van der Waals surface area contributed by atoms with Gasteiger partial charge in [0.05, 0.1) is 10.5 Å². The molecule has 0 fully saturated rings. The highest BCUT2D eigenvalue weighted by atomic mass is 31.0. The molecule has 5 rings (SSSR count). The SMILES string of the molecule is O=CC(=[P-])c1ccccc1-c1cccc2c1-c1c(cccc1-c1ccccc1[N+](=O)O)C2=O. The molecule has 0 heterocycles. The first kappa shape index (κ1) is 20.7. The molecular formula is C27H16NO4P. The molecule has 1 aliphatic rings. The molecule has 0 aliphatic heterocycles. The van der Waals surface area contributed by atoms with Crippen LogP contribution in [-0.4, -0.2) is 27.5 Å².